The van der Waals surface area contributed by atoms with Gasteiger partial charge in [0.25, 0.3) is 0 Å². The number of hydrogen-bond donors (Lipinski definition) is 2. The monoisotopic (exact) mass is 220 g/mol. The van der Waals surface area contributed by atoms with Gasteiger partial charge in [0.1, 0.15) is 0 Å². The smallest absolute Gasteiger partial charge is 0.314 e. The lowest BCUT2D eigenvalue weighted by Crippen LogP contribution is -2.50. The summed E-state index contributed by atoms with van der Waals surface area (Å²) in [6, 6.07) is 8.84. The van der Waals surface area contributed by atoms with Crippen LogP contribution in [0.2, 0.25) is 0 Å². The summed E-state index contributed by atoms with van der Waals surface area (Å²) in [5.74, 6) is -2.37. The molecule has 0 spiro atoms. The van der Waals surface area contributed by atoms with Gasteiger partial charge in [0, 0.05) is 0 Å². The van der Waals surface area contributed by atoms with Crippen molar-refractivity contribution in [2.45, 2.75) is 18.3 Å². The molecule has 84 valence electrons. The Labute approximate surface area is 92.5 Å². The molecule has 0 amide bonds. The molecule has 16 heavy (non-hydrogen) atoms. The van der Waals surface area contributed by atoms with Gasteiger partial charge in [-0.3, -0.25) is 9.59 Å². The van der Waals surface area contributed by atoms with E-state index in [1.807, 2.05) is 6.07 Å². The zero-order valence-corrected chi connectivity index (χ0v) is 8.59. The zero-order valence-electron chi connectivity index (χ0n) is 8.59. The first kappa shape index (κ1) is 10.7. The number of hydrogen-bond acceptors (Lipinski definition) is 2. The van der Waals surface area contributed by atoms with E-state index in [0.717, 1.165) is 0 Å². The van der Waals surface area contributed by atoms with Crippen LogP contribution in [-0.2, 0) is 15.0 Å². The number of benzene rings is 1. The number of carboxylic acid groups (broad SMARTS) is 2. The minimum atomic E-state index is -0.996. The highest BCUT2D eigenvalue weighted by atomic mass is 16.4. The van der Waals surface area contributed by atoms with Crippen molar-refractivity contribution in [1.82, 2.24) is 0 Å². The second-order valence-corrected chi connectivity index (χ2v) is 4.20. The summed E-state index contributed by atoms with van der Waals surface area (Å²) in [6.45, 7) is 0. The highest BCUT2D eigenvalue weighted by Gasteiger charge is 2.54. The number of aliphatic carboxylic acids is 2. The highest BCUT2D eigenvalue weighted by molar-refractivity contribution is 5.86. The summed E-state index contributed by atoms with van der Waals surface area (Å²) in [5.41, 5.74) is -0.301. The average Bonchev–Trinajstić information content (AvgIpc) is 2.16. The quantitative estimate of drug-likeness (QED) is 0.809. The molecule has 0 aliphatic heterocycles. The Hall–Kier alpha value is -1.84. The van der Waals surface area contributed by atoms with Crippen molar-refractivity contribution in [2.75, 3.05) is 0 Å². The Morgan fingerprint density at radius 2 is 1.69 bits per heavy atom. The molecular weight excluding hydrogens is 208 g/mol. The van der Waals surface area contributed by atoms with Crippen LogP contribution in [0, 0.1) is 5.92 Å². The lowest BCUT2D eigenvalue weighted by atomic mass is 9.58. The van der Waals surface area contributed by atoms with Gasteiger partial charge in [-0.15, -0.1) is 0 Å². The molecule has 1 aliphatic rings. The van der Waals surface area contributed by atoms with Crippen molar-refractivity contribution in [3.63, 3.8) is 0 Å². The largest absolute Gasteiger partial charge is 0.481 e. The van der Waals surface area contributed by atoms with Crippen molar-refractivity contribution in [3.8, 4) is 0 Å². The number of carboxylic acids is 2. The van der Waals surface area contributed by atoms with Gasteiger partial charge in [-0.05, 0) is 18.4 Å². The van der Waals surface area contributed by atoms with Crippen LogP contribution in [0.3, 0.4) is 0 Å². The molecule has 0 atom stereocenters. The summed E-state index contributed by atoms with van der Waals surface area (Å²) < 4.78 is 0. The van der Waals surface area contributed by atoms with Gasteiger partial charge >= 0.3 is 11.9 Å². The normalized spacial score (nSPS) is 28.1. The maximum Gasteiger partial charge on any atom is 0.314 e. The van der Waals surface area contributed by atoms with E-state index in [-0.39, 0.29) is 12.8 Å². The Kier molecular flexibility index (Phi) is 2.42. The first-order chi connectivity index (χ1) is 7.56. The van der Waals surface area contributed by atoms with Crippen molar-refractivity contribution >= 4 is 11.9 Å². The molecule has 0 unspecified atom stereocenters. The second-order valence-electron chi connectivity index (χ2n) is 4.20. The Balaban J connectivity index is 2.28. The van der Waals surface area contributed by atoms with Crippen LogP contribution in [0.15, 0.2) is 30.3 Å². The molecule has 2 rings (SSSR count). The summed E-state index contributed by atoms with van der Waals surface area (Å²) in [6.07, 6.45) is 0.364. The fourth-order valence-corrected chi connectivity index (χ4v) is 2.25. The van der Waals surface area contributed by atoms with E-state index in [4.69, 9.17) is 5.11 Å². The predicted molar refractivity (Wildman–Crippen MR) is 56.1 cm³/mol. The van der Waals surface area contributed by atoms with Gasteiger partial charge in [0.05, 0.1) is 11.3 Å². The standard InChI is InChI=1S/C12H12O4/c13-10(14)8-6-12(7-8,11(15)16)9-4-2-1-3-5-9/h1-5,8H,6-7H2,(H,13,14)(H,15,16). The molecule has 1 aromatic carbocycles. The molecule has 4 heteroatoms. The van der Waals surface area contributed by atoms with Gasteiger partial charge in [-0.2, -0.15) is 0 Å². The minimum absolute atomic E-state index is 0.182. The molecule has 4 nitrogen and oxygen atoms in total. The van der Waals surface area contributed by atoms with Crippen molar-refractivity contribution in [2.24, 2.45) is 5.92 Å². The fraction of sp³-hybridized carbons (Fsp3) is 0.333. The molecule has 0 radical (unpaired) electrons. The maximum atomic E-state index is 11.3. The third-order valence-electron chi connectivity index (χ3n) is 3.27. The molecule has 0 aromatic heterocycles. The Morgan fingerprint density at radius 1 is 1.12 bits per heavy atom. The molecule has 1 aromatic rings. The molecule has 0 bridgehead atoms. The van der Waals surface area contributed by atoms with Crippen LogP contribution in [-0.4, -0.2) is 22.2 Å². The van der Waals surface area contributed by atoms with Crippen LogP contribution in [0.5, 0.6) is 0 Å². The van der Waals surface area contributed by atoms with Crippen molar-refractivity contribution in [3.05, 3.63) is 35.9 Å². The zero-order chi connectivity index (χ0) is 11.8. The van der Waals surface area contributed by atoms with Gasteiger partial charge < -0.3 is 10.2 Å². The molecular formula is C12H12O4. The first-order valence-corrected chi connectivity index (χ1v) is 5.08. The summed E-state index contributed by atoms with van der Waals surface area (Å²) in [5, 5.41) is 18.0. The van der Waals surface area contributed by atoms with Crippen LogP contribution in [0.1, 0.15) is 18.4 Å². The van der Waals surface area contributed by atoms with E-state index in [1.165, 1.54) is 0 Å². The van der Waals surface area contributed by atoms with E-state index in [1.54, 1.807) is 24.3 Å². The molecule has 1 saturated carbocycles. The van der Waals surface area contributed by atoms with E-state index in [9.17, 15) is 14.7 Å². The SMILES string of the molecule is O=C(O)C1CC(C(=O)O)(c2ccccc2)C1. The summed E-state index contributed by atoms with van der Waals surface area (Å²) in [7, 11) is 0. The van der Waals surface area contributed by atoms with Gasteiger partial charge in [-0.25, -0.2) is 0 Å². The van der Waals surface area contributed by atoms with E-state index in [0.29, 0.717) is 5.56 Å². The number of carbonyl (C=O) groups is 2. The third kappa shape index (κ3) is 1.46. The topological polar surface area (TPSA) is 74.6 Å². The summed E-state index contributed by atoms with van der Waals surface area (Å²) >= 11 is 0. The van der Waals surface area contributed by atoms with Crippen LogP contribution >= 0.6 is 0 Å². The Morgan fingerprint density at radius 3 is 2.12 bits per heavy atom. The summed E-state index contributed by atoms with van der Waals surface area (Å²) in [4.78, 5) is 22.0. The first-order valence-electron chi connectivity index (χ1n) is 5.08. The van der Waals surface area contributed by atoms with Crippen LogP contribution in [0.4, 0.5) is 0 Å². The minimum Gasteiger partial charge on any atom is -0.481 e. The Bertz CT molecular complexity index is 418. The molecule has 0 saturated heterocycles. The average molecular weight is 220 g/mol. The van der Waals surface area contributed by atoms with E-state index >= 15 is 0 Å². The van der Waals surface area contributed by atoms with Crippen molar-refractivity contribution in [1.29, 1.82) is 0 Å². The van der Waals surface area contributed by atoms with Crippen LogP contribution < -0.4 is 0 Å². The maximum absolute atomic E-state index is 11.3. The fourth-order valence-electron chi connectivity index (χ4n) is 2.25. The van der Waals surface area contributed by atoms with Gasteiger partial charge in [0.2, 0.25) is 0 Å². The lowest BCUT2D eigenvalue weighted by molar-refractivity contribution is -0.157. The van der Waals surface area contributed by atoms with E-state index in [2.05, 4.69) is 0 Å². The second kappa shape index (κ2) is 3.63. The lowest BCUT2D eigenvalue weighted by Gasteiger charge is -2.42. The van der Waals surface area contributed by atoms with Gasteiger partial charge in [-0.1, -0.05) is 30.3 Å². The van der Waals surface area contributed by atoms with E-state index < -0.39 is 23.3 Å². The van der Waals surface area contributed by atoms with Gasteiger partial charge in [0.15, 0.2) is 0 Å². The third-order valence-corrected chi connectivity index (χ3v) is 3.27. The van der Waals surface area contributed by atoms with Crippen LogP contribution in [0.25, 0.3) is 0 Å². The molecule has 2 N–H and O–H groups in total. The molecule has 1 aliphatic carbocycles. The molecule has 1 fully saturated rings. The van der Waals surface area contributed by atoms with Crippen molar-refractivity contribution < 1.29 is 19.8 Å². The highest BCUT2D eigenvalue weighted by Crippen LogP contribution is 2.48. The predicted octanol–water partition coefficient (Wildman–Crippen LogP) is 1.50. The molecule has 0 heterocycles. The number of rotatable bonds is 3.